The van der Waals surface area contributed by atoms with Crippen LogP contribution in [0.15, 0.2) is 39.2 Å². The van der Waals surface area contributed by atoms with Crippen molar-refractivity contribution >= 4 is 29.3 Å². The third-order valence-corrected chi connectivity index (χ3v) is 5.74. The quantitative estimate of drug-likeness (QED) is 0.600. The van der Waals surface area contributed by atoms with E-state index in [1.165, 1.54) is 18.4 Å². The molecule has 6 heteroatoms. The molecule has 1 N–H and O–H groups in total. The first-order valence-electron chi connectivity index (χ1n) is 10.2. The van der Waals surface area contributed by atoms with Gasteiger partial charge >= 0.3 is 0 Å². The lowest BCUT2D eigenvalue weighted by Gasteiger charge is -2.25. The Morgan fingerprint density at radius 3 is 2.55 bits per heavy atom. The van der Waals surface area contributed by atoms with Crippen molar-refractivity contribution in [2.24, 2.45) is 0 Å². The second-order valence-electron chi connectivity index (χ2n) is 7.66. The molecule has 1 amide bonds. The summed E-state index contributed by atoms with van der Waals surface area (Å²) in [5.74, 6) is 2.04. The zero-order valence-electron chi connectivity index (χ0n) is 17.3. The Morgan fingerprint density at radius 2 is 1.90 bits per heavy atom. The van der Waals surface area contributed by atoms with Crippen molar-refractivity contribution in [2.45, 2.75) is 46.1 Å². The first kappa shape index (κ1) is 21.5. The molecule has 0 saturated carbocycles. The van der Waals surface area contributed by atoms with Crippen LogP contribution in [0.25, 0.3) is 11.0 Å². The summed E-state index contributed by atoms with van der Waals surface area (Å²) in [5, 5.41) is 4.10. The SMILES string of the molecule is CCc1ccc2oc(C(=O)NCC(c3ccc(C)o3)N3CCCC3)c(C)c2c1.Cl. The fourth-order valence-corrected chi connectivity index (χ4v) is 4.07. The number of furan rings is 2. The molecule has 0 spiro atoms. The molecule has 4 rings (SSSR count). The van der Waals surface area contributed by atoms with Gasteiger partial charge < -0.3 is 14.2 Å². The number of benzene rings is 1. The van der Waals surface area contributed by atoms with Gasteiger partial charge in [-0.3, -0.25) is 9.69 Å². The molecule has 29 heavy (non-hydrogen) atoms. The zero-order chi connectivity index (χ0) is 19.7. The van der Waals surface area contributed by atoms with Gasteiger partial charge in [-0.2, -0.15) is 0 Å². The van der Waals surface area contributed by atoms with Crippen molar-refractivity contribution in [1.82, 2.24) is 10.2 Å². The number of carbonyl (C=O) groups is 1. The Kier molecular flexibility index (Phi) is 6.70. The maximum atomic E-state index is 12.9. The molecule has 1 saturated heterocycles. The summed E-state index contributed by atoms with van der Waals surface area (Å²) in [6.45, 7) is 8.59. The number of carbonyl (C=O) groups excluding carboxylic acids is 1. The average Bonchev–Trinajstić information content (AvgIpc) is 3.43. The number of hydrogen-bond donors (Lipinski definition) is 1. The third kappa shape index (κ3) is 4.36. The zero-order valence-corrected chi connectivity index (χ0v) is 18.1. The van der Waals surface area contributed by atoms with E-state index in [1.807, 2.05) is 32.0 Å². The molecular weight excluding hydrogens is 388 g/mol. The molecule has 2 aromatic heterocycles. The van der Waals surface area contributed by atoms with Gasteiger partial charge in [0.1, 0.15) is 17.1 Å². The molecule has 1 aromatic carbocycles. The van der Waals surface area contributed by atoms with E-state index in [2.05, 4.69) is 29.3 Å². The monoisotopic (exact) mass is 416 g/mol. The summed E-state index contributed by atoms with van der Waals surface area (Å²) < 4.78 is 11.8. The number of fused-ring (bicyclic) bond motifs is 1. The minimum absolute atomic E-state index is 0. The molecule has 3 heterocycles. The standard InChI is InChI=1S/C23H28N2O3.ClH/c1-4-17-8-10-20-18(13-17)16(3)22(28-20)23(26)24-14-19(25-11-5-6-12-25)21-9-7-15(2)27-21;/h7-10,13,19H,4-6,11-12,14H2,1-3H3,(H,24,26);1H. The van der Waals surface area contributed by atoms with E-state index < -0.39 is 0 Å². The Labute approximate surface area is 177 Å². The minimum atomic E-state index is -0.167. The predicted molar refractivity (Wildman–Crippen MR) is 117 cm³/mol. The Balaban J connectivity index is 0.00000240. The summed E-state index contributed by atoms with van der Waals surface area (Å²) >= 11 is 0. The van der Waals surface area contributed by atoms with E-state index in [0.717, 1.165) is 47.6 Å². The van der Waals surface area contributed by atoms with Crippen LogP contribution >= 0.6 is 12.4 Å². The average molecular weight is 417 g/mol. The molecule has 1 unspecified atom stereocenters. The van der Waals surface area contributed by atoms with Crippen LogP contribution in [0.4, 0.5) is 0 Å². The number of halogens is 1. The lowest BCUT2D eigenvalue weighted by Crippen LogP contribution is -2.36. The fraction of sp³-hybridized carbons (Fsp3) is 0.435. The van der Waals surface area contributed by atoms with E-state index in [9.17, 15) is 4.79 Å². The highest BCUT2D eigenvalue weighted by atomic mass is 35.5. The lowest BCUT2D eigenvalue weighted by molar-refractivity contribution is 0.0907. The van der Waals surface area contributed by atoms with E-state index in [0.29, 0.717) is 12.3 Å². The van der Waals surface area contributed by atoms with Crippen molar-refractivity contribution in [3.8, 4) is 0 Å². The smallest absolute Gasteiger partial charge is 0.287 e. The van der Waals surface area contributed by atoms with Crippen LogP contribution in [0.3, 0.4) is 0 Å². The van der Waals surface area contributed by atoms with Crippen LogP contribution in [0, 0.1) is 13.8 Å². The van der Waals surface area contributed by atoms with Gasteiger partial charge in [0.05, 0.1) is 6.04 Å². The summed E-state index contributed by atoms with van der Waals surface area (Å²) in [7, 11) is 0. The van der Waals surface area contributed by atoms with Crippen LogP contribution < -0.4 is 5.32 Å². The molecule has 1 atom stereocenters. The van der Waals surface area contributed by atoms with Crippen LogP contribution in [-0.4, -0.2) is 30.4 Å². The number of likely N-dealkylation sites (tertiary alicyclic amines) is 1. The van der Waals surface area contributed by atoms with Gasteiger partial charge in [0.25, 0.3) is 5.91 Å². The Hall–Kier alpha value is -2.24. The fourth-order valence-electron chi connectivity index (χ4n) is 4.07. The van der Waals surface area contributed by atoms with Crippen molar-refractivity contribution in [2.75, 3.05) is 19.6 Å². The summed E-state index contributed by atoms with van der Waals surface area (Å²) in [6, 6.07) is 10.2. The van der Waals surface area contributed by atoms with Crippen LogP contribution in [0.2, 0.25) is 0 Å². The van der Waals surface area contributed by atoms with E-state index in [-0.39, 0.29) is 24.4 Å². The molecule has 3 aromatic rings. The van der Waals surface area contributed by atoms with E-state index in [1.54, 1.807) is 0 Å². The highest BCUT2D eigenvalue weighted by molar-refractivity contribution is 5.99. The minimum Gasteiger partial charge on any atom is -0.465 e. The van der Waals surface area contributed by atoms with Gasteiger partial charge in [-0.05, 0) is 76.0 Å². The van der Waals surface area contributed by atoms with Gasteiger partial charge in [-0.1, -0.05) is 13.0 Å². The molecule has 0 aliphatic carbocycles. The van der Waals surface area contributed by atoms with Gasteiger partial charge in [-0.15, -0.1) is 12.4 Å². The van der Waals surface area contributed by atoms with Crippen molar-refractivity contribution in [3.05, 3.63) is 58.7 Å². The second-order valence-corrected chi connectivity index (χ2v) is 7.66. The highest BCUT2D eigenvalue weighted by Gasteiger charge is 2.27. The maximum absolute atomic E-state index is 12.9. The van der Waals surface area contributed by atoms with E-state index in [4.69, 9.17) is 8.83 Å². The lowest BCUT2D eigenvalue weighted by atomic mass is 10.1. The molecule has 1 fully saturated rings. The largest absolute Gasteiger partial charge is 0.465 e. The number of hydrogen-bond acceptors (Lipinski definition) is 4. The molecule has 5 nitrogen and oxygen atoms in total. The van der Waals surface area contributed by atoms with Crippen molar-refractivity contribution in [1.29, 1.82) is 0 Å². The van der Waals surface area contributed by atoms with Gasteiger partial charge in [-0.25, -0.2) is 0 Å². The van der Waals surface area contributed by atoms with Gasteiger partial charge in [0, 0.05) is 17.5 Å². The third-order valence-electron chi connectivity index (χ3n) is 5.74. The van der Waals surface area contributed by atoms with Crippen LogP contribution in [0.1, 0.15) is 59.0 Å². The summed E-state index contributed by atoms with van der Waals surface area (Å²) in [5.41, 5.74) is 2.90. The Bertz CT molecular complexity index is 985. The molecule has 1 aliphatic heterocycles. The number of aryl methyl sites for hydroxylation is 3. The molecular formula is C23H29ClN2O3. The normalized spacial score (nSPS) is 15.4. The van der Waals surface area contributed by atoms with Crippen molar-refractivity contribution < 1.29 is 13.6 Å². The molecule has 1 aliphatic rings. The number of rotatable bonds is 6. The molecule has 156 valence electrons. The van der Waals surface area contributed by atoms with Gasteiger partial charge in [0.15, 0.2) is 5.76 Å². The molecule has 0 bridgehead atoms. The van der Waals surface area contributed by atoms with Crippen LogP contribution in [-0.2, 0) is 6.42 Å². The number of nitrogens with zero attached hydrogens (tertiary/aromatic N) is 1. The highest BCUT2D eigenvalue weighted by Crippen LogP contribution is 2.28. The van der Waals surface area contributed by atoms with Crippen molar-refractivity contribution in [3.63, 3.8) is 0 Å². The Morgan fingerprint density at radius 1 is 1.14 bits per heavy atom. The van der Waals surface area contributed by atoms with E-state index >= 15 is 0 Å². The second kappa shape index (κ2) is 9.06. The number of amides is 1. The first-order chi connectivity index (χ1) is 13.6. The topological polar surface area (TPSA) is 58.6 Å². The van der Waals surface area contributed by atoms with Gasteiger partial charge in [0.2, 0.25) is 0 Å². The van der Waals surface area contributed by atoms with Crippen LogP contribution in [0.5, 0.6) is 0 Å². The number of nitrogens with one attached hydrogen (secondary N) is 1. The first-order valence-corrected chi connectivity index (χ1v) is 10.2. The summed E-state index contributed by atoms with van der Waals surface area (Å²) in [6.07, 6.45) is 3.33. The maximum Gasteiger partial charge on any atom is 0.287 e. The summed E-state index contributed by atoms with van der Waals surface area (Å²) in [4.78, 5) is 15.3. The predicted octanol–water partition coefficient (Wildman–Crippen LogP) is 5.19. The molecule has 0 radical (unpaired) electrons.